The highest BCUT2D eigenvalue weighted by Crippen LogP contribution is 2.22. The van der Waals surface area contributed by atoms with Gasteiger partial charge in [0.15, 0.2) is 0 Å². The average Bonchev–Trinajstić information content (AvgIpc) is 2.35. The van der Waals surface area contributed by atoms with Gasteiger partial charge in [-0.15, -0.1) is 0 Å². The van der Waals surface area contributed by atoms with Gasteiger partial charge in [-0.2, -0.15) is 0 Å². The van der Waals surface area contributed by atoms with Crippen molar-refractivity contribution in [2.24, 2.45) is 0 Å². The molecule has 0 aromatic heterocycles. The molecule has 0 aromatic rings. The van der Waals surface area contributed by atoms with Gasteiger partial charge < -0.3 is 5.32 Å². The molecule has 1 aliphatic rings. The predicted molar refractivity (Wildman–Crippen MR) is 81.1 cm³/mol. The first-order chi connectivity index (χ1) is 8.65. The third-order valence-electron chi connectivity index (χ3n) is 4.42. The summed E-state index contributed by atoms with van der Waals surface area (Å²) in [4.78, 5) is 2.73. The Labute approximate surface area is 115 Å². The highest BCUT2D eigenvalue weighted by Gasteiger charge is 2.23. The number of rotatable bonds is 8. The second kappa shape index (κ2) is 8.92. The van der Waals surface area contributed by atoms with Crippen LogP contribution in [-0.2, 0) is 0 Å². The number of likely N-dealkylation sites (tertiary alicyclic amines) is 1. The number of piperidine rings is 1. The van der Waals surface area contributed by atoms with Gasteiger partial charge in [-0.25, -0.2) is 0 Å². The molecule has 0 amide bonds. The number of hydrogen-bond acceptors (Lipinski definition) is 2. The number of hydrogen-bond donors (Lipinski definition) is 1. The molecule has 0 spiro atoms. The van der Waals surface area contributed by atoms with Gasteiger partial charge in [-0.1, -0.05) is 19.8 Å². The smallest absolute Gasteiger partial charge is 0.00697 e. The lowest BCUT2D eigenvalue weighted by Crippen LogP contribution is -2.44. The number of nitrogens with one attached hydrogen (secondary N) is 1. The Morgan fingerprint density at radius 2 is 1.83 bits per heavy atom. The molecule has 2 heteroatoms. The zero-order chi connectivity index (χ0) is 13.4. The van der Waals surface area contributed by atoms with E-state index in [0.29, 0.717) is 6.04 Å². The average molecular weight is 254 g/mol. The van der Waals surface area contributed by atoms with Crippen LogP contribution in [0.15, 0.2) is 0 Å². The van der Waals surface area contributed by atoms with Crippen LogP contribution in [0.5, 0.6) is 0 Å². The van der Waals surface area contributed by atoms with Gasteiger partial charge in [0.25, 0.3) is 0 Å². The minimum absolute atomic E-state index is 0.696. The fraction of sp³-hybridized carbons (Fsp3) is 1.00. The lowest BCUT2D eigenvalue weighted by molar-refractivity contribution is 0.101. The van der Waals surface area contributed by atoms with Crippen LogP contribution in [0.25, 0.3) is 0 Å². The summed E-state index contributed by atoms with van der Waals surface area (Å²) in [5.41, 5.74) is 0. The van der Waals surface area contributed by atoms with E-state index >= 15 is 0 Å². The van der Waals surface area contributed by atoms with Crippen LogP contribution in [0.4, 0.5) is 0 Å². The molecule has 1 saturated heterocycles. The molecule has 0 bridgehead atoms. The first-order valence-electron chi connectivity index (χ1n) is 8.14. The molecule has 0 aromatic carbocycles. The molecule has 1 heterocycles. The van der Waals surface area contributed by atoms with E-state index in [4.69, 9.17) is 0 Å². The first-order valence-corrected chi connectivity index (χ1v) is 8.14. The molecule has 3 atom stereocenters. The molecule has 108 valence electrons. The second-order valence-corrected chi connectivity index (χ2v) is 6.22. The van der Waals surface area contributed by atoms with Crippen molar-refractivity contribution in [1.82, 2.24) is 10.2 Å². The van der Waals surface area contributed by atoms with Crippen molar-refractivity contribution in [3.8, 4) is 0 Å². The first kappa shape index (κ1) is 16.0. The minimum Gasteiger partial charge on any atom is -0.314 e. The van der Waals surface area contributed by atoms with Crippen molar-refractivity contribution in [2.75, 3.05) is 13.1 Å². The van der Waals surface area contributed by atoms with Gasteiger partial charge in [-0.05, 0) is 66.0 Å². The van der Waals surface area contributed by atoms with E-state index in [9.17, 15) is 0 Å². The Morgan fingerprint density at radius 1 is 1.17 bits per heavy atom. The Balaban J connectivity index is 2.09. The van der Waals surface area contributed by atoms with Gasteiger partial charge in [0.2, 0.25) is 0 Å². The number of unbranched alkanes of at least 4 members (excludes halogenated alkanes) is 1. The normalized spacial score (nSPS) is 27.3. The van der Waals surface area contributed by atoms with Crippen LogP contribution >= 0.6 is 0 Å². The summed E-state index contributed by atoms with van der Waals surface area (Å²) in [6, 6.07) is 2.31. The summed E-state index contributed by atoms with van der Waals surface area (Å²) < 4.78 is 0. The van der Waals surface area contributed by atoms with E-state index < -0.39 is 0 Å². The van der Waals surface area contributed by atoms with Crippen LogP contribution in [0.3, 0.4) is 0 Å². The molecule has 1 fully saturated rings. The second-order valence-electron chi connectivity index (χ2n) is 6.22. The summed E-state index contributed by atoms with van der Waals surface area (Å²) in [6.07, 6.45) is 9.54. The van der Waals surface area contributed by atoms with Crippen LogP contribution in [0, 0.1) is 0 Å². The van der Waals surface area contributed by atoms with Crippen LogP contribution < -0.4 is 5.32 Å². The van der Waals surface area contributed by atoms with Crippen LogP contribution in [0.2, 0.25) is 0 Å². The minimum atomic E-state index is 0.696. The molecular weight excluding hydrogens is 220 g/mol. The zero-order valence-corrected chi connectivity index (χ0v) is 13.0. The Kier molecular flexibility index (Phi) is 7.92. The van der Waals surface area contributed by atoms with Gasteiger partial charge in [0.05, 0.1) is 0 Å². The van der Waals surface area contributed by atoms with Gasteiger partial charge >= 0.3 is 0 Å². The third-order valence-corrected chi connectivity index (χ3v) is 4.42. The van der Waals surface area contributed by atoms with Gasteiger partial charge in [0, 0.05) is 18.1 Å². The molecule has 18 heavy (non-hydrogen) atoms. The molecule has 2 nitrogen and oxygen atoms in total. The van der Waals surface area contributed by atoms with Gasteiger partial charge in [-0.3, -0.25) is 4.90 Å². The fourth-order valence-electron chi connectivity index (χ4n) is 3.15. The quantitative estimate of drug-likeness (QED) is 0.663. The Bertz CT molecular complexity index is 195. The lowest BCUT2D eigenvalue weighted by Gasteiger charge is -2.39. The van der Waals surface area contributed by atoms with Crippen molar-refractivity contribution in [1.29, 1.82) is 0 Å². The standard InChI is InChI=1S/C16H34N2/c1-5-12-17-14(2)9-6-7-13-18-15(3)10-8-11-16(18)4/h14-17H,5-13H2,1-4H3/t14?,15-,16+. The topological polar surface area (TPSA) is 15.3 Å². The van der Waals surface area contributed by atoms with Crippen molar-refractivity contribution < 1.29 is 0 Å². The summed E-state index contributed by atoms with van der Waals surface area (Å²) in [7, 11) is 0. The van der Waals surface area contributed by atoms with E-state index in [1.807, 2.05) is 0 Å². The lowest BCUT2D eigenvalue weighted by atomic mass is 9.97. The third kappa shape index (κ3) is 5.71. The Hall–Kier alpha value is -0.0800. The summed E-state index contributed by atoms with van der Waals surface area (Å²) in [5, 5.41) is 3.57. The van der Waals surface area contributed by atoms with Crippen molar-refractivity contribution in [3.05, 3.63) is 0 Å². The maximum absolute atomic E-state index is 3.57. The highest BCUT2D eigenvalue weighted by molar-refractivity contribution is 4.79. The summed E-state index contributed by atoms with van der Waals surface area (Å²) in [5.74, 6) is 0. The predicted octanol–water partition coefficient (Wildman–Crippen LogP) is 3.81. The summed E-state index contributed by atoms with van der Waals surface area (Å²) >= 11 is 0. The van der Waals surface area contributed by atoms with E-state index in [1.165, 1.54) is 58.0 Å². The van der Waals surface area contributed by atoms with Crippen molar-refractivity contribution in [3.63, 3.8) is 0 Å². The molecule has 0 aliphatic carbocycles. The highest BCUT2D eigenvalue weighted by atomic mass is 15.2. The Morgan fingerprint density at radius 3 is 2.44 bits per heavy atom. The molecule has 1 unspecified atom stereocenters. The monoisotopic (exact) mass is 254 g/mol. The molecular formula is C16H34N2. The van der Waals surface area contributed by atoms with E-state index in [2.05, 4.69) is 37.9 Å². The SMILES string of the molecule is CCCNC(C)CCCCN1[C@H](C)CCC[C@@H]1C. The molecule has 1 aliphatic heterocycles. The molecule has 0 radical (unpaired) electrons. The molecule has 1 N–H and O–H groups in total. The largest absolute Gasteiger partial charge is 0.314 e. The molecule has 1 rings (SSSR count). The summed E-state index contributed by atoms with van der Waals surface area (Å²) in [6.45, 7) is 11.8. The maximum Gasteiger partial charge on any atom is 0.00697 e. The fourth-order valence-corrected chi connectivity index (χ4v) is 3.15. The van der Waals surface area contributed by atoms with Gasteiger partial charge in [0.1, 0.15) is 0 Å². The zero-order valence-electron chi connectivity index (χ0n) is 13.0. The van der Waals surface area contributed by atoms with Crippen LogP contribution in [0.1, 0.15) is 72.6 Å². The van der Waals surface area contributed by atoms with Crippen molar-refractivity contribution in [2.45, 2.75) is 90.8 Å². The molecule has 0 saturated carbocycles. The van der Waals surface area contributed by atoms with E-state index in [0.717, 1.165) is 12.1 Å². The number of nitrogens with zero attached hydrogens (tertiary/aromatic N) is 1. The van der Waals surface area contributed by atoms with Crippen molar-refractivity contribution >= 4 is 0 Å². The van der Waals surface area contributed by atoms with E-state index in [1.54, 1.807) is 0 Å². The maximum atomic E-state index is 3.57. The van der Waals surface area contributed by atoms with E-state index in [-0.39, 0.29) is 0 Å². The van der Waals surface area contributed by atoms with Crippen LogP contribution in [-0.4, -0.2) is 36.1 Å².